The summed E-state index contributed by atoms with van der Waals surface area (Å²) < 4.78 is 1.23. The zero-order valence-electron chi connectivity index (χ0n) is 11.7. The quantitative estimate of drug-likeness (QED) is 0.613. The predicted octanol–water partition coefficient (Wildman–Crippen LogP) is -2.57. The lowest BCUT2D eigenvalue weighted by atomic mass is 10.1. The van der Waals surface area contributed by atoms with Gasteiger partial charge in [0.25, 0.3) is 0 Å². The Bertz CT molecular complexity index is 463. The van der Waals surface area contributed by atoms with Gasteiger partial charge < -0.3 is 22.1 Å². The number of aliphatic hydroxyl groups is 1. The number of aliphatic hydroxyl groups excluding tert-OH is 1. The maximum Gasteiger partial charge on any atom is 0.206 e. The maximum absolute atomic E-state index is 9.12. The van der Waals surface area contributed by atoms with Gasteiger partial charge in [0.2, 0.25) is 6.29 Å². The van der Waals surface area contributed by atoms with Crippen molar-refractivity contribution in [3.05, 3.63) is 35.4 Å². The first-order chi connectivity index (χ1) is 9.31. The van der Waals surface area contributed by atoms with Gasteiger partial charge in [0, 0.05) is 18.7 Å². The van der Waals surface area contributed by atoms with E-state index in [1.54, 1.807) is 0 Å². The number of hydrogen-bond donors (Lipinski definition) is 1. The smallest absolute Gasteiger partial charge is 0.206 e. The Morgan fingerprint density at radius 1 is 0.950 bits per heavy atom. The van der Waals surface area contributed by atoms with Crippen LogP contribution in [0.2, 0.25) is 0 Å². The molecular weight excluding hydrogens is 318 g/mol. The molecule has 0 bridgehead atoms. The molecule has 0 amide bonds. The summed E-state index contributed by atoms with van der Waals surface area (Å²) in [5.74, 6) is 0. The van der Waals surface area contributed by atoms with E-state index in [1.807, 2.05) is 0 Å². The molecule has 4 nitrogen and oxygen atoms in total. The first-order valence-corrected chi connectivity index (χ1v) is 7.33. The maximum atomic E-state index is 9.12. The van der Waals surface area contributed by atoms with Gasteiger partial charge in [-0.1, -0.05) is 24.3 Å². The summed E-state index contributed by atoms with van der Waals surface area (Å²) in [5, 5.41) is 9.12. The highest BCUT2D eigenvalue weighted by molar-refractivity contribution is 5.21. The van der Waals surface area contributed by atoms with E-state index in [0.29, 0.717) is 6.29 Å². The number of nitrogens with zero attached hydrogens (tertiary/aromatic N) is 3. The van der Waals surface area contributed by atoms with Gasteiger partial charge in [-0.25, -0.2) is 9.80 Å². The van der Waals surface area contributed by atoms with Crippen molar-refractivity contribution < 1.29 is 26.6 Å². The molecule has 4 rings (SSSR count). The monoisotopic (exact) mass is 339 g/mol. The van der Waals surface area contributed by atoms with Crippen LogP contribution in [0, 0.1) is 0 Å². The van der Waals surface area contributed by atoms with Crippen LogP contribution in [-0.2, 0) is 13.2 Å². The molecule has 3 heterocycles. The molecule has 0 saturated carbocycles. The second kappa shape index (κ2) is 5.39. The fourth-order valence-electron chi connectivity index (χ4n) is 4.22. The molecule has 1 aromatic carbocycles. The van der Waals surface area contributed by atoms with E-state index in [9.17, 15) is 0 Å². The van der Waals surface area contributed by atoms with E-state index in [2.05, 4.69) is 34.1 Å². The Morgan fingerprint density at radius 2 is 1.50 bits per heavy atom. The van der Waals surface area contributed by atoms with Crippen molar-refractivity contribution in [1.82, 2.24) is 9.80 Å². The molecule has 1 aromatic rings. The Labute approximate surface area is 130 Å². The largest absolute Gasteiger partial charge is 1.00 e. The second-order valence-electron chi connectivity index (χ2n) is 6.22. The summed E-state index contributed by atoms with van der Waals surface area (Å²) in [6.45, 7) is 8.91. The van der Waals surface area contributed by atoms with E-state index in [0.717, 1.165) is 12.1 Å². The molecule has 110 valence electrons. The minimum Gasteiger partial charge on any atom is -1.00 e. The number of rotatable bonds is 3. The van der Waals surface area contributed by atoms with Crippen molar-refractivity contribution in [3.8, 4) is 0 Å². The van der Waals surface area contributed by atoms with Crippen molar-refractivity contribution in [2.45, 2.75) is 19.4 Å². The van der Waals surface area contributed by atoms with Crippen LogP contribution in [0.3, 0.4) is 0 Å². The number of quaternary nitrogens is 1. The highest BCUT2D eigenvalue weighted by Gasteiger charge is 2.57. The van der Waals surface area contributed by atoms with Crippen LogP contribution < -0.4 is 17.0 Å². The van der Waals surface area contributed by atoms with Crippen molar-refractivity contribution in [3.63, 3.8) is 0 Å². The van der Waals surface area contributed by atoms with Crippen molar-refractivity contribution in [2.75, 3.05) is 39.3 Å². The normalized spacial score (nSPS) is 32.4. The van der Waals surface area contributed by atoms with Gasteiger partial charge >= 0.3 is 0 Å². The molecule has 0 spiro atoms. The zero-order chi connectivity index (χ0) is 12.9. The van der Waals surface area contributed by atoms with Gasteiger partial charge in [-0.05, 0) is 5.56 Å². The van der Waals surface area contributed by atoms with Crippen LogP contribution in [0.25, 0.3) is 0 Å². The standard InChI is InChI=1S/C15H22N3O.BrH/c19-12-14-3-1-13(2-4-14)11-18-9-7-16-5-6-17(8-10-18)15(16)18;/h1-4,15,19H,5-12H2;1H/q+1;/p-1. The lowest BCUT2D eigenvalue weighted by Crippen LogP contribution is -3.00. The van der Waals surface area contributed by atoms with Crippen molar-refractivity contribution in [2.24, 2.45) is 0 Å². The zero-order valence-corrected chi connectivity index (χ0v) is 13.3. The number of hydrogen-bond acceptors (Lipinski definition) is 3. The first-order valence-electron chi connectivity index (χ1n) is 7.33. The van der Waals surface area contributed by atoms with Crippen LogP contribution >= 0.6 is 0 Å². The summed E-state index contributed by atoms with van der Waals surface area (Å²) in [6.07, 6.45) is 0.650. The summed E-state index contributed by atoms with van der Waals surface area (Å²) in [5.41, 5.74) is 2.42. The molecule has 0 aliphatic carbocycles. The SMILES string of the molecule is OCc1ccc(C[N+]23CCN4CCN(CC2)C43)cc1.[Br-]. The first kappa shape index (κ1) is 14.5. The van der Waals surface area contributed by atoms with Crippen molar-refractivity contribution >= 4 is 0 Å². The van der Waals surface area contributed by atoms with Gasteiger partial charge in [0.15, 0.2) is 0 Å². The van der Waals surface area contributed by atoms with Gasteiger partial charge in [-0.15, -0.1) is 0 Å². The average molecular weight is 340 g/mol. The molecule has 3 aliphatic rings. The Kier molecular flexibility index (Phi) is 3.90. The lowest BCUT2D eigenvalue weighted by molar-refractivity contribution is -0.949. The third-order valence-corrected chi connectivity index (χ3v) is 5.19. The molecule has 0 unspecified atom stereocenters. The number of benzene rings is 1. The summed E-state index contributed by atoms with van der Waals surface area (Å²) in [6, 6.07) is 8.51. The van der Waals surface area contributed by atoms with E-state index in [-0.39, 0.29) is 23.6 Å². The molecule has 0 aromatic heterocycles. The minimum absolute atomic E-state index is 0. The molecule has 20 heavy (non-hydrogen) atoms. The van der Waals surface area contributed by atoms with E-state index in [1.165, 1.54) is 49.3 Å². The highest BCUT2D eigenvalue weighted by atomic mass is 79.9. The molecule has 0 atom stereocenters. The topological polar surface area (TPSA) is 26.7 Å². The fourth-order valence-corrected chi connectivity index (χ4v) is 4.22. The molecule has 3 fully saturated rings. The van der Waals surface area contributed by atoms with Gasteiger partial charge in [0.05, 0.1) is 32.8 Å². The lowest BCUT2D eigenvalue weighted by Gasteiger charge is -2.34. The van der Waals surface area contributed by atoms with Gasteiger partial charge in [-0.3, -0.25) is 4.48 Å². The third-order valence-electron chi connectivity index (χ3n) is 5.19. The van der Waals surface area contributed by atoms with Gasteiger partial charge in [-0.2, -0.15) is 0 Å². The highest BCUT2D eigenvalue weighted by Crippen LogP contribution is 2.37. The second-order valence-corrected chi connectivity index (χ2v) is 6.22. The summed E-state index contributed by atoms with van der Waals surface area (Å²) >= 11 is 0. The summed E-state index contributed by atoms with van der Waals surface area (Å²) in [7, 11) is 0. The van der Waals surface area contributed by atoms with Crippen molar-refractivity contribution in [1.29, 1.82) is 0 Å². The predicted molar refractivity (Wildman–Crippen MR) is 73.0 cm³/mol. The molecule has 1 N–H and O–H groups in total. The van der Waals surface area contributed by atoms with Crippen LogP contribution in [0.1, 0.15) is 11.1 Å². The van der Waals surface area contributed by atoms with Crippen LogP contribution in [0.15, 0.2) is 24.3 Å². The molecular formula is C15H22BrN3O. The molecule has 3 aliphatic heterocycles. The minimum atomic E-state index is 0. The van der Waals surface area contributed by atoms with Crippen LogP contribution in [-0.4, -0.2) is 64.9 Å². The van der Waals surface area contributed by atoms with Gasteiger partial charge in [0.1, 0.15) is 6.54 Å². The Hall–Kier alpha value is -0.460. The fraction of sp³-hybridized carbons (Fsp3) is 0.600. The van der Waals surface area contributed by atoms with E-state index in [4.69, 9.17) is 5.11 Å². The third kappa shape index (κ3) is 2.12. The molecule has 3 saturated heterocycles. The summed E-state index contributed by atoms with van der Waals surface area (Å²) in [4.78, 5) is 5.32. The Morgan fingerprint density at radius 3 is 2.05 bits per heavy atom. The molecule has 5 heteroatoms. The van der Waals surface area contributed by atoms with E-state index < -0.39 is 0 Å². The number of halogens is 1. The van der Waals surface area contributed by atoms with Crippen LogP contribution in [0.4, 0.5) is 0 Å². The Balaban J connectivity index is 0.00000121. The average Bonchev–Trinajstić information content (AvgIpc) is 3.08. The van der Waals surface area contributed by atoms with E-state index >= 15 is 0 Å². The molecule has 0 radical (unpaired) electrons. The van der Waals surface area contributed by atoms with Crippen LogP contribution in [0.5, 0.6) is 0 Å².